The second kappa shape index (κ2) is 8.30. The zero-order valence-corrected chi connectivity index (χ0v) is 14.3. The topological polar surface area (TPSA) is 71.5 Å². The second-order valence-corrected chi connectivity index (χ2v) is 6.01. The van der Waals surface area contributed by atoms with Gasteiger partial charge in [0, 0.05) is 23.4 Å². The number of carbonyl (C=O) groups is 1. The third-order valence-electron chi connectivity index (χ3n) is 3.07. The number of halogens is 4. The van der Waals surface area contributed by atoms with Crippen LogP contribution < -0.4 is 10.1 Å². The van der Waals surface area contributed by atoms with Gasteiger partial charge in [0.1, 0.15) is 18.5 Å². The number of carbonyl (C=O) groups excluding carboxylic acids is 1. The summed E-state index contributed by atoms with van der Waals surface area (Å²) in [7, 11) is 0. The van der Waals surface area contributed by atoms with Crippen LogP contribution in [0.2, 0.25) is 0 Å². The van der Waals surface area contributed by atoms with Crippen LogP contribution in [0.5, 0.6) is 5.75 Å². The quantitative estimate of drug-likeness (QED) is 0.756. The van der Waals surface area contributed by atoms with Crippen LogP contribution in [-0.2, 0) is 6.18 Å². The smallest absolute Gasteiger partial charge is 0.416 e. The number of pyridine rings is 1. The van der Waals surface area contributed by atoms with Gasteiger partial charge in [0.2, 0.25) is 0 Å². The summed E-state index contributed by atoms with van der Waals surface area (Å²) in [6.45, 7) is -0.386. The summed E-state index contributed by atoms with van der Waals surface area (Å²) in [6, 6.07) is 5.90. The first-order valence-electron chi connectivity index (χ1n) is 7.12. The predicted molar refractivity (Wildman–Crippen MR) is 87.2 cm³/mol. The number of hydrogen-bond donors (Lipinski definition) is 2. The van der Waals surface area contributed by atoms with E-state index in [0.717, 1.165) is 12.1 Å². The highest BCUT2D eigenvalue weighted by Crippen LogP contribution is 2.31. The molecule has 1 heterocycles. The first-order valence-corrected chi connectivity index (χ1v) is 7.92. The van der Waals surface area contributed by atoms with Crippen LogP contribution in [-0.4, -0.2) is 35.3 Å². The molecule has 0 aliphatic carbocycles. The van der Waals surface area contributed by atoms with E-state index in [1.54, 1.807) is 6.07 Å². The van der Waals surface area contributed by atoms with Crippen LogP contribution in [0.3, 0.4) is 0 Å². The van der Waals surface area contributed by atoms with E-state index in [-0.39, 0.29) is 18.9 Å². The minimum Gasteiger partial charge on any atom is -0.491 e. The van der Waals surface area contributed by atoms with Crippen LogP contribution in [0.25, 0.3) is 0 Å². The van der Waals surface area contributed by atoms with E-state index in [1.165, 1.54) is 24.5 Å². The molecule has 1 unspecified atom stereocenters. The molecule has 1 aromatic carbocycles. The van der Waals surface area contributed by atoms with E-state index < -0.39 is 23.8 Å². The van der Waals surface area contributed by atoms with E-state index in [4.69, 9.17) is 4.74 Å². The Morgan fingerprint density at radius 2 is 2.08 bits per heavy atom. The molecule has 2 aromatic rings. The van der Waals surface area contributed by atoms with Crippen LogP contribution in [0.1, 0.15) is 15.9 Å². The number of ether oxygens (including phenoxy) is 1. The zero-order valence-electron chi connectivity index (χ0n) is 12.8. The number of alkyl halides is 3. The highest BCUT2D eigenvalue weighted by atomic mass is 79.9. The standard InChI is InChI=1S/C16H14BrF3N2O3/c17-12-4-10(6-21-7-12)15(24)22-8-13(23)9-25-14-3-1-2-11(5-14)16(18,19)20/h1-7,13,23H,8-9H2,(H,22,24). The number of rotatable bonds is 6. The third kappa shape index (κ3) is 6.02. The molecular weight excluding hydrogens is 405 g/mol. The molecule has 0 aliphatic rings. The fourth-order valence-corrected chi connectivity index (χ4v) is 2.23. The van der Waals surface area contributed by atoms with Crippen molar-refractivity contribution in [2.24, 2.45) is 0 Å². The van der Waals surface area contributed by atoms with Crippen LogP contribution in [0.4, 0.5) is 13.2 Å². The lowest BCUT2D eigenvalue weighted by Crippen LogP contribution is -2.35. The minimum atomic E-state index is -4.47. The molecule has 0 radical (unpaired) electrons. The maximum absolute atomic E-state index is 12.6. The third-order valence-corrected chi connectivity index (χ3v) is 3.50. The zero-order chi connectivity index (χ0) is 18.4. The van der Waals surface area contributed by atoms with Crippen molar-refractivity contribution >= 4 is 21.8 Å². The summed E-state index contributed by atoms with van der Waals surface area (Å²) in [5.74, 6) is -0.455. The number of benzene rings is 1. The molecule has 134 valence electrons. The number of aliphatic hydroxyl groups excluding tert-OH is 1. The van der Waals surface area contributed by atoms with E-state index in [2.05, 4.69) is 26.2 Å². The van der Waals surface area contributed by atoms with Gasteiger partial charge in [-0.25, -0.2) is 0 Å². The van der Waals surface area contributed by atoms with E-state index >= 15 is 0 Å². The van der Waals surface area contributed by atoms with Gasteiger partial charge < -0.3 is 15.2 Å². The Morgan fingerprint density at radius 1 is 1.32 bits per heavy atom. The second-order valence-electron chi connectivity index (χ2n) is 5.09. The first kappa shape index (κ1) is 19.2. The molecule has 0 spiro atoms. The van der Waals surface area contributed by atoms with Crippen molar-refractivity contribution < 1.29 is 27.8 Å². The molecule has 0 bridgehead atoms. The van der Waals surface area contributed by atoms with Gasteiger partial charge in [-0.15, -0.1) is 0 Å². The molecule has 2 rings (SSSR count). The van der Waals surface area contributed by atoms with Crippen LogP contribution in [0, 0.1) is 0 Å². The largest absolute Gasteiger partial charge is 0.491 e. The molecular formula is C16H14BrF3N2O3. The van der Waals surface area contributed by atoms with Crippen molar-refractivity contribution in [2.45, 2.75) is 12.3 Å². The fraction of sp³-hybridized carbons (Fsp3) is 0.250. The lowest BCUT2D eigenvalue weighted by molar-refractivity contribution is -0.137. The van der Waals surface area contributed by atoms with Gasteiger partial charge in [-0.05, 0) is 40.2 Å². The van der Waals surface area contributed by atoms with Crippen LogP contribution >= 0.6 is 15.9 Å². The molecule has 1 aromatic heterocycles. The molecule has 1 atom stereocenters. The highest BCUT2D eigenvalue weighted by Gasteiger charge is 2.30. The monoisotopic (exact) mass is 418 g/mol. The Kier molecular flexibility index (Phi) is 6.38. The lowest BCUT2D eigenvalue weighted by Gasteiger charge is -2.14. The molecule has 0 aliphatic heterocycles. The lowest BCUT2D eigenvalue weighted by atomic mass is 10.2. The maximum Gasteiger partial charge on any atom is 0.416 e. The Labute approximate surface area is 150 Å². The average molecular weight is 419 g/mol. The van der Waals surface area contributed by atoms with Gasteiger partial charge in [0.15, 0.2) is 0 Å². The Bertz CT molecular complexity index is 741. The van der Waals surface area contributed by atoms with Gasteiger partial charge in [-0.3, -0.25) is 9.78 Å². The van der Waals surface area contributed by atoms with E-state index in [1.807, 2.05) is 0 Å². The van der Waals surface area contributed by atoms with Gasteiger partial charge in [-0.1, -0.05) is 6.07 Å². The van der Waals surface area contributed by atoms with E-state index in [0.29, 0.717) is 10.0 Å². The number of amides is 1. The normalized spacial score (nSPS) is 12.5. The number of hydrogen-bond acceptors (Lipinski definition) is 4. The summed E-state index contributed by atoms with van der Waals surface area (Å²) in [5.41, 5.74) is -0.532. The number of nitrogens with zero attached hydrogens (tertiary/aromatic N) is 1. The summed E-state index contributed by atoms with van der Waals surface area (Å²) >= 11 is 3.19. The average Bonchev–Trinajstić information content (AvgIpc) is 2.57. The number of aromatic nitrogens is 1. The predicted octanol–water partition coefficient (Wildman–Crippen LogP) is 3.03. The number of aliphatic hydroxyl groups is 1. The molecule has 1 amide bonds. The molecule has 2 N–H and O–H groups in total. The molecule has 0 saturated heterocycles. The maximum atomic E-state index is 12.6. The Hall–Kier alpha value is -2.13. The van der Waals surface area contributed by atoms with Gasteiger partial charge in [0.05, 0.1) is 11.1 Å². The van der Waals surface area contributed by atoms with Crippen molar-refractivity contribution in [3.63, 3.8) is 0 Å². The molecule has 5 nitrogen and oxygen atoms in total. The summed E-state index contributed by atoms with van der Waals surface area (Å²) in [5, 5.41) is 12.3. The van der Waals surface area contributed by atoms with Crippen molar-refractivity contribution in [3.05, 3.63) is 58.3 Å². The van der Waals surface area contributed by atoms with Gasteiger partial charge >= 0.3 is 6.18 Å². The summed E-state index contributed by atoms with van der Waals surface area (Å²) in [6.07, 6.45) is -2.66. The molecule has 0 saturated carbocycles. The molecule has 25 heavy (non-hydrogen) atoms. The van der Waals surface area contributed by atoms with Crippen molar-refractivity contribution in [1.29, 1.82) is 0 Å². The van der Waals surface area contributed by atoms with Crippen molar-refractivity contribution in [1.82, 2.24) is 10.3 Å². The Balaban J connectivity index is 1.83. The van der Waals surface area contributed by atoms with Crippen molar-refractivity contribution in [2.75, 3.05) is 13.2 Å². The van der Waals surface area contributed by atoms with Crippen LogP contribution in [0.15, 0.2) is 47.2 Å². The van der Waals surface area contributed by atoms with E-state index in [9.17, 15) is 23.1 Å². The molecule has 0 fully saturated rings. The fourth-order valence-electron chi connectivity index (χ4n) is 1.86. The minimum absolute atomic E-state index is 0.0172. The molecule has 9 heteroatoms. The van der Waals surface area contributed by atoms with Crippen molar-refractivity contribution in [3.8, 4) is 5.75 Å². The Morgan fingerprint density at radius 3 is 2.76 bits per heavy atom. The summed E-state index contributed by atoms with van der Waals surface area (Å²) in [4.78, 5) is 15.7. The highest BCUT2D eigenvalue weighted by molar-refractivity contribution is 9.10. The number of nitrogens with one attached hydrogen (secondary N) is 1. The summed E-state index contributed by atoms with van der Waals surface area (Å²) < 4.78 is 43.6. The van der Waals surface area contributed by atoms with Gasteiger partial charge in [-0.2, -0.15) is 13.2 Å². The van der Waals surface area contributed by atoms with Gasteiger partial charge in [0.25, 0.3) is 5.91 Å². The SMILES string of the molecule is O=C(NCC(O)COc1cccc(C(F)(F)F)c1)c1cncc(Br)c1. The first-order chi connectivity index (χ1) is 11.8.